The lowest BCUT2D eigenvalue weighted by Crippen LogP contribution is -2.40. The second kappa shape index (κ2) is 8.67. The van der Waals surface area contributed by atoms with Crippen LogP contribution in [0.15, 0.2) is 42.5 Å². The summed E-state index contributed by atoms with van der Waals surface area (Å²) in [6.45, 7) is 0.307. The number of anilines is 1. The molecule has 7 heteroatoms. The number of nitrogens with one attached hydrogen (secondary N) is 2. The number of urea groups is 1. The van der Waals surface area contributed by atoms with Crippen LogP contribution in [-0.2, 0) is 13.2 Å². The first-order valence-electron chi connectivity index (χ1n) is 10.3. The van der Waals surface area contributed by atoms with Crippen LogP contribution in [0.5, 0.6) is 0 Å². The number of amides is 4. The molecule has 2 aromatic carbocycles. The normalized spacial score (nSPS) is 16.5. The molecule has 3 N–H and O–H groups in total. The predicted octanol–water partition coefficient (Wildman–Crippen LogP) is 3.43. The molecule has 1 aliphatic heterocycles. The fourth-order valence-corrected chi connectivity index (χ4v) is 4.13. The van der Waals surface area contributed by atoms with Crippen LogP contribution in [0.1, 0.15) is 63.9 Å². The topological polar surface area (TPSA) is 98.7 Å². The molecule has 2 aliphatic rings. The Morgan fingerprint density at radius 3 is 2.30 bits per heavy atom. The van der Waals surface area contributed by atoms with E-state index in [0.29, 0.717) is 23.4 Å². The Balaban J connectivity index is 1.39. The molecule has 0 bridgehead atoms. The number of rotatable bonds is 5. The zero-order chi connectivity index (χ0) is 21.1. The van der Waals surface area contributed by atoms with E-state index in [1.807, 2.05) is 12.1 Å². The third-order valence-corrected chi connectivity index (χ3v) is 5.77. The van der Waals surface area contributed by atoms with Crippen molar-refractivity contribution in [1.29, 1.82) is 0 Å². The van der Waals surface area contributed by atoms with Crippen LogP contribution >= 0.6 is 0 Å². The quantitative estimate of drug-likeness (QED) is 0.661. The summed E-state index contributed by atoms with van der Waals surface area (Å²) in [5.74, 6) is -0.501. The summed E-state index contributed by atoms with van der Waals surface area (Å²) in [7, 11) is 0. The summed E-state index contributed by atoms with van der Waals surface area (Å²) in [5, 5.41) is 14.6. The highest BCUT2D eigenvalue weighted by Crippen LogP contribution is 2.32. The monoisotopic (exact) mass is 407 g/mol. The predicted molar refractivity (Wildman–Crippen MR) is 112 cm³/mol. The van der Waals surface area contributed by atoms with Crippen LogP contribution in [-0.4, -0.2) is 33.9 Å². The van der Waals surface area contributed by atoms with Gasteiger partial charge in [-0.25, -0.2) is 4.79 Å². The fourth-order valence-electron chi connectivity index (χ4n) is 4.13. The number of carbonyl (C=O) groups excluding carboxylic acids is 3. The molecule has 2 aromatic rings. The van der Waals surface area contributed by atoms with Crippen LogP contribution in [0.4, 0.5) is 10.5 Å². The Bertz CT molecular complexity index is 965. The number of nitrogens with zero attached hydrogens (tertiary/aromatic N) is 1. The van der Waals surface area contributed by atoms with Gasteiger partial charge in [-0.1, -0.05) is 43.5 Å². The van der Waals surface area contributed by atoms with Gasteiger partial charge in [0, 0.05) is 18.3 Å². The van der Waals surface area contributed by atoms with Crippen molar-refractivity contribution in [2.75, 3.05) is 5.32 Å². The zero-order valence-corrected chi connectivity index (χ0v) is 16.7. The molecule has 0 aromatic heterocycles. The average Bonchev–Trinajstić information content (AvgIpc) is 3.03. The van der Waals surface area contributed by atoms with Crippen molar-refractivity contribution in [3.05, 3.63) is 64.7 Å². The molecule has 4 rings (SSSR count). The van der Waals surface area contributed by atoms with Crippen LogP contribution in [0, 0.1) is 0 Å². The minimum Gasteiger partial charge on any atom is -0.392 e. The summed E-state index contributed by atoms with van der Waals surface area (Å²) in [5.41, 5.74) is 2.93. The highest BCUT2D eigenvalue weighted by Gasteiger charge is 2.40. The third-order valence-electron chi connectivity index (χ3n) is 5.77. The van der Waals surface area contributed by atoms with Crippen molar-refractivity contribution in [2.45, 2.75) is 51.3 Å². The van der Waals surface area contributed by atoms with E-state index in [1.165, 1.54) is 4.90 Å². The number of hydrogen-bond acceptors (Lipinski definition) is 4. The van der Waals surface area contributed by atoms with Gasteiger partial charge in [0.15, 0.2) is 0 Å². The summed E-state index contributed by atoms with van der Waals surface area (Å²) < 4.78 is 0. The number of fused-ring (bicyclic) bond motifs is 1. The van der Waals surface area contributed by atoms with E-state index >= 15 is 0 Å². The fraction of sp³-hybridized carbons (Fsp3) is 0.348. The Labute approximate surface area is 175 Å². The van der Waals surface area contributed by atoms with E-state index in [-0.39, 0.29) is 24.5 Å². The first kappa shape index (κ1) is 20.1. The molecule has 1 fully saturated rings. The van der Waals surface area contributed by atoms with Gasteiger partial charge in [-0.05, 0) is 42.2 Å². The number of benzene rings is 2. The molecule has 30 heavy (non-hydrogen) atoms. The average molecular weight is 407 g/mol. The maximum absolute atomic E-state index is 12.9. The van der Waals surface area contributed by atoms with E-state index in [1.54, 1.807) is 30.3 Å². The molecule has 0 unspecified atom stereocenters. The molecule has 0 radical (unpaired) electrons. The second-order valence-electron chi connectivity index (χ2n) is 7.81. The van der Waals surface area contributed by atoms with Crippen molar-refractivity contribution in [3.63, 3.8) is 0 Å². The van der Waals surface area contributed by atoms with E-state index in [4.69, 9.17) is 5.11 Å². The van der Waals surface area contributed by atoms with Crippen LogP contribution in [0.25, 0.3) is 0 Å². The van der Waals surface area contributed by atoms with E-state index < -0.39 is 6.03 Å². The van der Waals surface area contributed by atoms with Crippen molar-refractivity contribution >= 4 is 23.5 Å². The molecule has 0 atom stereocenters. The Kier molecular flexibility index (Phi) is 5.81. The van der Waals surface area contributed by atoms with Gasteiger partial charge in [0.1, 0.15) is 0 Å². The highest BCUT2D eigenvalue weighted by atomic mass is 16.3. The number of aliphatic hydroxyl groups excluding tert-OH is 1. The van der Waals surface area contributed by atoms with Crippen LogP contribution in [0.3, 0.4) is 0 Å². The van der Waals surface area contributed by atoms with Gasteiger partial charge in [-0.15, -0.1) is 0 Å². The third kappa shape index (κ3) is 4.07. The summed E-state index contributed by atoms with van der Waals surface area (Å²) in [4.78, 5) is 39.2. The van der Waals surface area contributed by atoms with Gasteiger partial charge in [-0.2, -0.15) is 0 Å². The van der Waals surface area contributed by atoms with E-state index in [2.05, 4.69) is 10.6 Å². The van der Waals surface area contributed by atoms with E-state index in [9.17, 15) is 14.4 Å². The van der Waals surface area contributed by atoms with Crippen molar-refractivity contribution in [1.82, 2.24) is 10.2 Å². The van der Waals surface area contributed by atoms with Crippen LogP contribution in [0.2, 0.25) is 0 Å². The van der Waals surface area contributed by atoms with Gasteiger partial charge < -0.3 is 15.7 Å². The minimum absolute atomic E-state index is 0.0219. The zero-order valence-electron chi connectivity index (χ0n) is 16.7. The number of imide groups is 1. The Hall–Kier alpha value is -3.19. The Morgan fingerprint density at radius 2 is 1.60 bits per heavy atom. The smallest absolute Gasteiger partial charge is 0.319 e. The standard InChI is InChI=1S/C23H25N3O4/c27-14-16-8-6-15(7-9-16)13-24-23(30)25-17-10-11-19-20(12-17)22(29)26(21(19)28)18-4-2-1-3-5-18/h6-12,18,27H,1-5,13-14H2,(H2,24,25,30). The molecule has 7 nitrogen and oxygen atoms in total. The molecule has 156 valence electrons. The SMILES string of the molecule is O=C(NCc1ccc(CO)cc1)Nc1ccc2c(c1)C(=O)N(C1CCCCC1)C2=O. The maximum Gasteiger partial charge on any atom is 0.319 e. The van der Waals surface area contributed by atoms with Crippen molar-refractivity contribution in [2.24, 2.45) is 0 Å². The molecule has 0 spiro atoms. The maximum atomic E-state index is 12.9. The molecular formula is C23H25N3O4. The van der Waals surface area contributed by atoms with Crippen molar-refractivity contribution in [3.8, 4) is 0 Å². The largest absolute Gasteiger partial charge is 0.392 e. The summed E-state index contributed by atoms with van der Waals surface area (Å²) in [6.07, 6.45) is 4.94. The molecule has 1 aliphatic carbocycles. The van der Waals surface area contributed by atoms with Crippen LogP contribution < -0.4 is 10.6 Å². The van der Waals surface area contributed by atoms with Gasteiger partial charge in [0.05, 0.1) is 17.7 Å². The number of aliphatic hydroxyl groups is 1. The first-order chi connectivity index (χ1) is 14.6. The number of hydrogen-bond donors (Lipinski definition) is 3. The van der Waals surface area contributed by atoms with Gasteiger partial charge >= 0.3 is 6.03 Å². The van der Waals surface area contributed by atoms with Gasteiger partial charge in [0.25, 0.3) is 11.8 Å². The molecular weight excluding hydrogens is 382 g/mol. The van der Waals surface area contributed by atoms with Gasteiger partial charge in [0.2, 0.25) is 0 Å². The lowest BCUT2D eigenvalue weighted by Gasteiger charge is -2.29. The highest BCUT2D eigenvalue weighted by molar-refractivity contribution is 6.22. The van der Waals surface area contributed by atoms with E-state index in [0.717, 1.165) is 43.2 Å². The molecule has 0 saturated heterocycles. The number of carbonyl (C=O) groups is 3. The van der Waals surface area contributed by atoms with Crippen molar-refractivity contribution < 1.29 is 19.5 Å². The van der Waals surface area contributed by atoms with Gasteiger partial charge in [-0.3, -0.25) is 14.5 Å². The Morgan fingerprint density at radius 1 is 0.933 bits per heavy atom. The second-order valence-corrected chi connectivity index (χ2v) is 7.81. The lowest BCUT2D eigenvalue weighted by molar-refractivity contribution is 0.0549. The lowest BCUT2D eigenvalue weighted by atomic mass is 9.94. The summed E-state index contributed by atoms with van der Waals surface area (Å²) in [6, 6.07) is 11.7. The first-order valence-corrected chi connectivity index (χ1v) is 10.3. The molecule has 4 amide bonds. The molecule has 1 heterocycles. The molecule has 1 saturated carbocycles. The summed E-state index contributed by atoms with van der Waals surface area (Å²) >= 11 is 0. The minimum atomic E-state index is -0.401.